The molecule has 49 heavy (non-hydrogen) atoms. The van der Waals surface area contributed by atoms with Crippen LogP contribution >= 0.6 is 0 Å². The third kappa shape index (κ3) is 3.98. The van der Waals surface area contributed by atoms with E-state index in [1.807, 2.05) is 0 Å². The normalized spacial score (nSPS) is 13.1. The Morgan fingerprint density at radius 2 is 0.878 bits per heavy atom. The van der Waals surface area contributed by atoms with Crippen LogP contribution in [-0.4, -0.2) is 0 Å². The predicted octanol–water partition coefficient (Wildman–Crippen LogP) is 12.8. The molecule has 1 aliphatic carbocycles. The standard InChI is InChI=1S/C49H32/c1-4-17-34(18-5-1)46-40-25-13-12-24-39(40)45(36-29-28-33-16-10-11-19-35(33)32-36)42-30-31-44-47(48(42)46)41-26-14-15-27-43(41)49(44,37-20-6-2-7-21-37)38-22-8-3-9-23-38/h1-32H. The molecule has 0 atom stereocenters. The van der Waals surface area contributed by atoms with Crippen molar-refractivity contribution in [2.45, 2.75) is 5.41 Å². The van der Waals surface area contributed by atoms with Crippen LogP contribution in [0.2, 0.25) is 0 Å². The third-order valence-corrected chi connectivity index (χ3v) is 10.7. The number of hydrogen-bond donors (Lipinski definition) is 0. The first-order valence-electron chi connectivity index (χ1n) is 17.1. The lowest BCUT2D eigenvalue weighted by molar-refractivity contribution is 0.769. The fourth-order valence-corrected chi connectivity index (χ4v) is 8.76. The quantitative estimate of drug-likeness (QED) is 0.172. The first-order valence-corrected chi connectivity index (χ1v) is 17.1. The molecule has 0 spiro atoms. The van der Waals surface area contributed by atoms with Crippen molar-refractivity contribution in [3.05, 3.63) is 216 Å². The van der Waals surface area contributed by atoms with E-state index in [0.29, 0.717) is 0 Å². The van der Waals surface area contributed by atoms with Crippen molar-refractivity contribution in [2.75, 3.05) is 0 Å². The van der Waals surface area contributed by atoms with Crippen LogP contribution in [0.5, 0.6) is 0 Å². The zero-order chi connectivity index (χ0) is 32.4. The smallest absolute Gasteiger partial charge is 0.0622 e. The highest BCUT2D eigenvalue weighted by atomic mass is 14.5. The molecule has 10 rings (SSSR count). The molecular formula is C49H32. The molecule has 9 aromatic rings. The molecule has 0 nitrogen and oxygen atoms in total. The Morgan fingerprint density at radius 3 is 1.59 bits per heavy atom. The lowest BCUT2D eigenvalue weighted by Gasteiger charge is -2.34. The molecule has 0 aliphatic heterocycles. The highest BCUT2D eigenvalue weighted by Gasteiger charge is 2.47. The maximum Gasteiger partial charge on any atom is 0.0713 e. The first kappa shape index (κ1) is 27.8. The van der Waals surface area contributed by atoms with E-state index in [0.717, 1.165) is 0 Å². The summed E-state index contributed by atoms with van der Waals surface area (Å²) in [5.74, 6) is 0. The molecule has 0 bridgehead atoms. The summed E-state index contributed by atoms with van der Waals surface area (Å²) < 4.78 is 0. The average Bonchev–Trinajstić information content (AvgIpc) is 3.49. The van der Waals surface area contributed by atoms with Crippen molar-refractivity contribution in [1.29, 1.82) is 0 Å². The van der Waals surface area contributed by atoms with E-state index in [1.165, 1.54) is 88.0 Å². The van der Waals surface area contributed by atoms with Crippen LogP contribution in [0.25, 0.3) is 65.7 Å². The van der Waals surface area contributed by atoms with Crippen LogP contribution in [0.3, 0.4) is 0 Å². The van der Waals surface area contributed by atoms with Crippen LogP contribution < -0.4 is 0 Å². The topological polar surface area (TPSA) is 0 Å². The van der Waals surface area contributed by atoms with Crippen molar-refractivity contribution in [2.24, 2.45) is 0 Å². The summed E-state index contributed by atoms with van der Waals surface area (Å²) in [5, 5.41) is 7.64. The van der Waals surface area contributed by atoms with Gasteiger partial charge in [-0.1, -0.05) is 188 Å². The van der Waals surface area contributed by atoms with Crippen molar-refractivity contribution in [3.8, 4) is 33.4 Å². The summed E-state index contributed by atoms with van der Waals surface area (Å²) in [6.07, 6.45) is 0. The zero-order valence-corrected chi connectivity index (χ0v) is 27.0. The van der Waals surface area contributed by atoms with Gasteiger partial charge in [0.25, 0.3) is 0 Å². The van der Waals surface area contributed by atoms with Gasteiger partial charge in [-0.15, -0.1) is 0 Å². The monoisotopic (exact) mass is 620 g/mol. The molecule has 0 aromatic heterocycles. The number of rotatable bonds is 4. The summed E-state index contributed by atoms with van der Waals surface area (Å²) in [5.41, 5.74) is 12.4. The summed E-state index contributed by atoms with van der Waals surface area (Å²) in [7, 11) is 0. The van der Waals surface area contributed by atoms with Gasteiger partial charge >= 0.3 is 0 Å². The Labute approximate surface area is 286 Å². The lowest BCUT2D eigenvalue weighted by atomic mass is 9.67. The van der Waals surface area contributed by atoms with Gasteiger partial charge < -0.3 is 0 Å². The van der Waals surface area contributed by atoms with Gasteiger partial charge in [0.05, 0.1) is 5.41 Å². The summed E-state index contributed by atoms with van der Waals surface area (Å²) in [6.45, 7) is 0. The van der Waals surface area contributed by atoms with E-state index in [2.05, 4.69) is 194 Å². The van der Waals surface area contributed by atoms with Crippen molar-refractivity contribution in [1.82, 2.24) is 0 Å². The highest BCUT2D eigenvalue weighted by Crippen LogP contribution is 2.60. The van der Waals surface area contributed by atoms with E-state index in [-0.39, 0.29) is 0 Å². The molecule has 1 aliphatic rings. The van der Waals surface area contributed by atoms with Gasteiger partial charge in [0.15, 0.2) is 0 Å². The van der Waals surface area contributed by atoms with E-state index in [1.54, 1.807) is 0 Å². The summed E-state index contributed by atoms with van der Waals surface area (Å²) in [6, 6.07) is 71.9. The minimum absolute atomic E-state index is 0.467. The number of benzene rings is 9. The second kappa shape index (κ2) is 10.9. The Kier molecular flexibility index (Phi) is 6.19. The average molecular weight is 621 g/mol. The molecule has 9 aromatic carbocycles. The molecule has 0 saturated carbocycles. The first-order chi connectivity index (χ1) is 24.3. The van der Waals surface area contributed by atoms with E-state index in [4.69, 9.17) is 0 Å². The van der Waals surface area contributed by atoms with Crippen molar-refractivity contribution >= 4 is 32.3 Å². The Balaban J connectivity index is 1.45. The number of fused-ring (bicyclic) bond motifs is 7. The highest BCUT2D eigenvalue weighted by molar-refractivity contribution is 6.26. The fraction of sp³-hybridized carbons (Fsp3) is 0.0204. The third-order valence-electron chi connectivity index (χ3n) is 10.7. The van der Waals surface area contributed by atoms with Gasteiger partial charge in [0.2, 0.25) is 0 Å². The molecular weight excluding hydrogens is 589 g/mol. The number of hydrogen-bond acceptors (Lipinski definition) is 0. The van der Waals surface area contributed by atoms with Gasteiger partial charge in [0, 0.05) is 0 Å². The molecule has 0 heterocycles. The van der Waals surface area contributed by atoms with Crippen LogP contribution in [0.15, 0.2) is 194 Å². The minimum Gasteiger partial charge on any atom is -0.0622 e. The van der Waals surface area contributed by atoms with Crippen LogP contribution in [0.4, 0.5) is 0 Å². The molecule has 0 unspecified atom stereocenters. The molecule has 228 valence electrons. The lowest BCUT2D eigenvalue weighted by Crippen LogP contribution is -2.28. The van der Waals surface area contributed by atoms with Crippen LogP contribution in [-0.2, 0) is 5.41 Å². The second-order valence-corrected chi connectivity index (χ2v) is 13.2. The Bertz CT molecular complexity index is 2650. The van der Waals surface area contributed by atoms with E-state index >= 15 is 0 Å². The Morgan fingerprint density at radius 1 is 0.306 bits per heavy atom. The SMILES string of the molecule is c1ccc(-c2c3ccccc3c(-c3ccc4ccccc4c3)c3ccc4c(c23)-c2ccccc2C4(c2ccccc2)c2ccccc2)cc1. The van der Waals surface area contributed by atoms with Crippen molar-refractivity contribution in [3.63, 3.8) is 0 Å². The zero-order valence-electron chi connectivity index (χ0n) is 27.0. The summed E-state index contributed by atoms with van der Waals surface area (Å²) >= 11 is 0. The maximum absolute atomic E-state index is 2.44. The van der Waals surface area contributed by atoms with Crippen LogP contribution in [0, 0.1) is 0 Å². The van der Waals surface area contributed by atoms with Gasteiger partial charge in [-0.2, -0.15) is 0 Å². The predicted molar refractivity (Wildman–Crippen MR) is 207 cm³/mol. The molecule has 0 heteroatoms. The van der Waals surface area contributed by atoms with Gasteiger partial charge in [0.1, 0.15) is 0 Å². The molecule has 0 radical (unpaired) electrons. The van der Waals surface area contributed by atoms with Gasteiger partial charge in [-0.3, -0.25) is 0 Å². The minimum atomic E-state index is -0.467. The summed E-state index contributed by atoms with van der Waals surface area (Å²) in [4.78, 5) is 0. The van der Waals surface area contributed by atoms with Gasteiger partial charge in [-0.25, -0.2) is 0 Å². The maximum atomic E-state index is 2.44. The molecule has 0 fully saturated rings. The van der Waals surface area contributed by atoms with Crippen LogP contribution in [0.1, 0.15) is 22.3 Å². The Hall–Kier alpha value is -6.24. The fourth-order valence-electron chi connectivity index (χ4n) is 8.76. The largest absolute Gasteiger partial charge is 0.0713 e. The molecule has 0 saturated heterocycles. The molecule has 0 N–H and O–H groups in total. The van der Waals surface area contributed by atoms with E-state index < -0.39 is 5.41 Å². The van der Waals surface area contributed by atoms with E-state index in [9.17, 15) is 0 Å². The molecule has 0 amide bonds. The van der Waals surface area contributed by atoms with Gasteiger partial charge in [-0.05, 0) is 94.0 Å². The van der Waals surface area contributed by atoms with Crippen molar-refractivity contribution < 1.29 is 0 Å². The second-order valence-electron chi connectivity index (χ2n) is 13.2.